The van der Waals surface area contributed by atoms with E-state index in [1.807, 2.05) is 0 Å². The molecular formula is C43H38F6N4O12S2. The second-order valence-corrected chi connectivity index (χ2v) is 17.1. The Balaban J connectivity index is 0.966. The van der Waals surface area contributed by atoms with Crippen molar-refractivity contribution in [2.24, 2.45) is 0 Å². The molecule has 0 aliphatic carbocycles. The molecule has 4 atom stereocenters. The zero-order valence-corrected chi connectivity index (χ0v) is 36.6. The van der Waals surface area contributed by atoms with Crippen molar-refractivity contribution in [3.8, 4) is 23.0 Å². The lowest BCUT2D eigenvalue weighted by Crippen LogP contribution is -2.46. The van der Waals surface area contributed by atoms with Crippen LogP contribution in [0.5, 0.6) is 23.0 Å². The number of hydrogen-bond acceptors (Lipinski definition) is 14. The van der Waals surface area contributed by atoms with Crippen LogP contribution < -0.4 is 29.6 Å². The zero-order valence-electron chi connectivity index (χ0n) is 34.9. The first-order valence-corrected chi connectivity index (χ1v) is 21.9. The molecule has 24 heteroatoms. The summed E-state index contributed by atoms with van der Waals surface area (Å²) in [6.07, 6.45) is -7.08. The van der Waals surface area contributed by atoms with Gasteiger partial charge in [-0.05, 0) is 71.5 Å². The van der Waals surface area contributed by atoms with E-state index in [9.17, 15) is 48.9 Å². The predicted octanol–water partition coefficient (Wildman–Crippen LogP) is 8.22. The summed E-state index contributed by atoms with van der Waals surface area (Å²) in [5.74, 6) is -0.614. The van der Waals surface area contributed by atoms with Crippen LogP contribution in [0.25, 0.3) is 11.1 Å². The van der Waals surface area contributed by atoms with Crippen LogP contribution in [-0.4, -0.2) is 85.7 Å². The Labute approximate surface area is 383 Å². The molecule has 0 spiro atoms. The molecule has 4 aromatic rings. The molecule has 0 saturated heterocycles. The monoisotopic (exact) mass is 980 g/mol. The van der Waals surface area contributed by atoms with E-state index in [2.05, 4.69) is 32.9 Å². The van der Waals surface area contributed by atoms with Gasteiger partial charge in [0.05, 0.1) is 73.1 Å². The van der Waals surface area contributed by atoms with Gasteiger partial charge in [0.15, 0.2) is 34.6 Å². The number of nitrogens with one attached hydrogen (secondary N) is 2. The van der Waals surface area contributed by atoms with E-state index < -0.39 is 69.1 Å². The number of carbonyl (C=O) groups excluding carboxylic acids is 2. The molecule has 2 amide bonds. The van der Waals surface area contributed by atoms with Crippen molar-refractivity contribution in [2.75, 3.05) is 38.1 Å². The van der Waals surface area contributed by atoms with E-state index in [0.717, 1.165) is 29.2 Å². The summed E-state index contributed by atoms with van der Waals surface area (Å²) < 4.78 is 143. The molecule has 4 aliphatic rings. The van der Waals surface area contributed by atoms with Crippen LogP contribution >= 0.6 is 12.9 Å². The van der Waals surface area contributed by atoms with Gasteiger partial charge in [0.25, 0.3) is 21.9 Å². The maximum absolute atomic E-state index is 14.0. The van der Waals surface area contributed by atoms with Gasteiger partial charge in [-0.15, -0.1) is 4.33 Å². The molecule has 0 bridgehead atoms. The standard InChI is InChI=1S/C43H38F6N4O12S2/c1-59-34-16-28-30(50-38(63-64-65-66)32-14-24(20-52(32)40(28)54)22-4-8-26(9-5-22)42(44,45)46)18-36(34)61-12-3-13-62-37-19-31-29(17-35(37)60-2)41(55)53-21-25(15-33(53)39(51-31)67(56,57)58)23-6-10-27(11-7-23)43(47,48)49/h4-11,16-21,32-33,38-39,50-51,66H,3,12-15H2,1-2H3,(H,56,57,58)/t32-,33-,38?,39?/m0/s1. The summed E-state index contributed by atoms with van der Waals surface area (Å²) in [5, 5.41) is 8.75. The number of benzene rings is 4. The van der Waals surface area contributed by atoms with Crippen LogP contribution in [0.15, 0.2) is 85.2 Å². The quantitative estimate of drug-likeness (QED) is 0.0180. The van der Waals surface area contributed by atoms with E-state index in [1.54, 1.807) is 0 Å². The molecule has 3 N–H and O–H groups in total. The van der Waals surface area contributed by atoms with E-state index in [4.69, 9.17) is 23.8 Å². The molecule has 0 fully saturated rings. The lowest BCUT2D eigenvalue weighted by molar-refractivity contribution is -0.475. The molecule has 356 valence electrons. The van der Waals surface area contributed by atoms with Crippen LogP contribution in [0.4, 0.5) is 37.7 Å². The Morgan fingerprint density at radius 1 is 0.687 bits per heavy atom. The average Bonchev–Trinajstić information content (AvgIpc) is 3.89. The predicted molar refractivity (Wildman–Crippen MR) is 228 cm³/mol. The number of anilines is 2. The van der Waals surface area contributed by atoms with Gasteiger partial charge >= 0.3 is 12.4 Å². The molecule has 0 radical (unpaired) electrons. The number of hydrogen-bond donors (Lipinski definition) is 4. The van der Waals surface area contributed by atoms with E-state index in [-0.39, 0.29) is 78.0 Å². The largest absolute Gasteiger partial charge is 0.493 e. The van der Waals surface area contributed by atoms with Gasteiger partial charge in [-0.3, -0.25) is 14.1 Å². The Hall–Kier alpha value is -6.18. The number of nitrogens with zero attached hydrogens (tertiary/aromatic N) is 2. The molecule has 16 nitrogen and oxygen atoms in total. The van der Waals surface area contributed by atoms with Gasteiger partial charge in [-0.25, -0.2) is 0 Å². The highest BCUT2D eigenvalue weighted by Crippen LogP contribution is 2.44. The van der Waals surface area contributed by atoms with Crippen molar-refractivity contribution in [1.82, 2.24) is 9.80 Å². The number of alkyl halides is 6. The van der Waals surface area contributed by atoms with Gasteiger partial charge in [0.1, 0.15) is 0 Å². The molecule has 0 aromatic heterocycles. The first kappa shape index (κ1) is 47.3. The third-order valence-electron chi connectivity index (χ3n) is 11.5. The lowest BCUT2D eigenvalue weighted by Gasteiger charge is -2.26. The van der Waals surface area contributed by atoms with Crippen LogP contribution in [0.3, 0.4) is 0 Å². The van der Waals surface area contributed by atoms with E-state index in [0.29, 0.717) is 22.3 Å². The minimum absolute atomic E-state index is 0.00398. The maximum atomic E-state index is 14.0. The Morgan fingerprint density at radius 3 is 1.57 bits per heavy atom. The van der Waals surface area contributed by atoms with Crippen molar-refractivity contribution in [2.45, 2.75) is 55.3 Å². The number of rotatable bonds is 14. The number of thiol groups is 1. The van der Waals surface area contributed by atoms with E-state index >= 15 is 0 Å². The highest BCUT2D eigenvalue weighted by Gasteiger charge is 2.46. The fraction of sp³-hybridized carbons (Fsp3) is 0.302. The molecule has 67 heavy (non-hydrogen) atoms. The van der Waals surface area contributed by atoms with Gasteiger partial charge in [-0.1, -0.05) is 29.3 Å². The lowest BCUT2D eigenvalue weighted by atomic mass is 10.0. The molecule has 4 aromatic carbocycles. The summed E-state index contributed by atoms with van der Waals surface area (Å²) in [4.78, 5) is 35.9. The zero-order chi connectivity index (χ0) is 48.0. The third kappa shape index (κ3) is 9.67. The van der Waals surface area contributed by atoms with Gasteiger partial charge in [0, 0.05) is 43.9 Å². The topological polar surface area (TPSA) is 184 Å². The first-order valence-electron chi connectivity index (χ1n) is 20.0. The molecule has 0 saturated carbocycles. The second-order valence-electron chi connectivity index (χ2n) is 15.5. The minimum atomic E-state index is -4.89. The van der Waals surface area contributed by atoms with Gasteiger partial charge in [-0.2, -0.15) is 39.6 Å². The Kier molecular flexibility index (Phi) is 13.1. The number of fused-ring (bicyclic) bond motifs is 4. The average molecular weight is 981 g/mol. The highest BCUT2D eigenvalue weighted by atomic mass is 32.2. The Morgan fingerprint density at radius 2 is 1.13 bits per heavy atom. The molecule has 4 heterocycles. The van der Waals surface area contributed by atoms with Crippen molar-refractivity contribution in [3.63, 3.8) is 0 Å². The Bertz CT molecular complexity index is 2740. The fourth-order valence-corrected chi connectivity index (χ4v) is 9.15. The number of halogens is 6. The third-order valence-corrected chi connectivity index (χ3v) is 12.6. The molecular weight excluding hydrogens is 943 g/mol. The van der Waals surface area contributed by atoms with Crippen molar-refractivity contribution in [3.05, 3.63) is 119 Å². The van der Waals surface area contributed by atoms with Crippen LogP contribution in [0.2, 0.25) is 0 Å². The molecule has 8 rings (SSSR count). The highest BCUT2D eigenvalue weighted by molar-refractivity contribution is 7.86. The second kappa shape index (κ2) is 18.5. The number of methoxy groups -OCH3 is 2. The van der Waals surface area contributed by atoms with Crippen LogP contribution in [-0.2, 0) is 36.7 Å². The van der Waals surface area contributed by atoms with Gasteiger partial charge < -0.3 is 39.4 Å². The molecule has 4 aliphatic heterocycles. The summed E-state index contributed by atoms with van der Waals surface area (Å²) in [6.45, 7) is 0.0106. The van der Waals surface area contributed by atoms with Crippen LogP contribution in [0, 0.1) is 0 Å². The van der Waals surface area contributed by atoms with Crippen molar-refractivity contribution < 1.29 is 82.1 Å². The van der Waals surface area contributed by atoms with Crippen molar-refractivity contribution in [1.29, 1.82) is 0 Å². The minimum Gasteiger partial charge on any atom is -0.493 e. The van der Waals surface area contributed by atoms with E-state index in [1.165, 1.54) is 80.1 Å². The summed E-state index contributed by atoms with van der Waals surface area (Å²) in [5.41, 5.74) is 0.332. The fourth-order valence-electron chi connectivity index (χ4n) is 8.21. The number of ether oxygens (including phenoxy) is 4. The summed E-state index contributed by atoms with van der Waals surface area (Å²) >= 11 is 3.55. The number of carbonyl (C=O) groups is 2. The maximum Gasteiger partial charge on any atom is 0.416 e. The van der Waals surface area contributed by atoms with Crippen molar-refractivity contribution >= 4 is 57.4 Å². The normalized spacial score (nSPS) is 20.3. The summed E-state index contributed by atoms with van der Waals surface area (Å²) in [7, 11) is -2.20. The first-order chi connectivity index (χ1) is 31.8. The van der Waals surface area contributed by atoms with Gasteiger partial charge in [0.2, 0.25) is 0 Å². The number of amides is 2. The summed E-state index contributed by atoms with van der Waals surface area (Å²) in [6, 6.07) is 12.4. The van der Waals surface area contributed by atoms with Crippen LogP contribution in [0.1, 0.15) is 62.2 Å². The molecule has 2 unspecified atom stereocenters. The smallest absolute Gasteiger partial charge is 0.416 e. The SMILES string of the molecule is COc1cc2c(cc1OCCCOc1cc3c(cc1OC)C(=O)N1C=C(c4ccc(C(F)(F)F)cc4)C[C@H]1C(S(=O)(=O)O)N3)NC(OOOS)[C@@H]1CC(c3ccc(C(F)(F)F)cc3)=CN1C2=O.